The number of nitrogens with zero attached hydrogens (tertiary/aromatic N) is 2. The molecule has 0 unspecified atom stereocenters. The molecule has 0 spiro atoms. The van der Waals surface area contributed by atoms with Crippen LogP contribution in [0.2, 0.25) is 0 Å². The molecule has 10 heavy (non-hydrogen) atoms. The Balaban J connectivity index is 3.27. The van der Waals surface area contributed by atoms with E-state index in [4.69, 9.17) is 0 Å². The van der Waals surface area contributed by atoms with Gasteiger partial charge >= 0.3 is 0 Å². The van der Waals surface area contributed by atoms with Gasteiger partial charge in [-0.15, -0.1) is 0 Å². The molecule has 0 saturated heterocycles. The summed E-state index contributed by atoms with van der Waals surface area (Å²) in [6.45, 7) is 3.68. The minimum absolute atomic E-state index is 0.479. The molecule has 0 bridgehead atoms. The van der Waals surface area contributed by atoms with Crippen molar-refractivity contribution < 1.29 is 4.79 Å². The van der Waals surface area contributed by atoms with Gasteiger partial charge in [-0.25, -0.2) is 9.97 Å². The molecule has 0 amide bonds. The van der Waals surface area contributed by atoms with Crippen molar-refractivity contribution in [3.63, 3.8) is 0 Å². The number of rotatable bonds is 1. The highest BCUT2D eigenvalue weighted by molar-refractivity contribution is 5.74. The molecule has 52 valence electrons. The Morgan fingerprint density at radius 1 is 1.40 bits per heavy atom. The summed E-state index contributed by atoms with van der Waals surface area (Å²) in [6.07, 6.45) is 2.13. The molecule has 3 nitrogen and oxygen atoms in total. The zero-order chi connectivity index (χ0) is 7.56. The second kappa shape index (κ2) is 2.56. The fourth-order valence-corrected chi connectivity index (χ4v) is 0.675. The summed E-state index contributed by atoms with van der Waals surface area (Å²) in [4.78, 5) is 18.0. The lowest BCUT2D eigenvalue weighted by Crippen LogP contribution is -1.96. The van der Waals surface area contributed by atoms with Gasteiger partial charge in [-0.2, -0.15) is 0 Å². The second-order valence-corrected chi connectivity index (χ2v) is 2.09. The lowest BCUT2D eigenvalue weighted by Gasteiger charge is -1.97. The molecule has 0 saturated carbocycles. The fourth-order valence-electron chi connectivity index (χ4n) is 0.675. The third-order valence-corrected chi connectivity index (χ3v) is 1.49. The number of aromatic nitrogens is 2. The van der Waals surface area contributed by atoms with Crippen LogP contribution in [0.1, 0.15) is 21.7 Å². The van der Waals surface area contributed by atoms with Crippen molar-refractivity contribution in [1.29, 1.82) is 0 Å². The Bertz CT molecular complexity index is 258. The lowest BCUT2D eigenvalue weighted by molar-refractivity contribution is 0.111. The Morgan fingerprint density at radius 2 is 2.10 bits per heavy atom. The normalized spacial score (nSPS) is 9.40. The molecule has 1 aromatic rings. The maximum absolute atomic E-state index is 10.3. The van der Waals surface area contributed by atoms with E-state index < -0.39 is 0 Å². The summed E-state index contributed by atoms with van der Waals surface area (Å²) in [5.74, 6) is 0. The van der Waals surface area contributed by atoms with Crippen LogP contribution in [0.25, 0.3) is 0 Å². The highest BCUT2D eigenvalue weighted by Crippen LogP contribution is 2.03. The maximum Gasteiger partial charge on any atom is 0.168 e. The van der Waals surface area contributed by atoms with Crippen LogP contribution in [-0.4, -0.2) is 16.3 Å². The Morgan fingerprint density at radius 3 is 2.60 bits per heavy atom. The number of hydrogen-bond donors (Lipinski definition) is 0. The first kappa shape index (κ1) is 6.86. The third kappa shape index (κ3) is 1.03. The SMILES string of the molecule is Cc1ncnc(C=O)c1C. The number of carbonyl (C=O) groups excluding carboxylic acids is 1. The van der Waals surface area contributed by atoms with Gasteiger partial charge in [0.2, 0.25) is 0 Å². The predicted octanol–water partition coefficient (Wildman–Crippen LogP) is 0.906. The predicted molar refractivity (Wildman–Crippen MR) is 36.9 cm³/mol. The monoisotopic (exact) mass is 136 g/mol. The number of aldehydes is 1. The van der Waals surface area contributed by atoms with Gasteiger partial charge in [0.05, 0.1) is 0 Å². The molecule has 3 heteroatoms. The molecule has 1 rings (SSSR count). The summed E-state index contributed by atoms with van der Waals surface area (Å²) >= 11 is 0. The molecule has 0 N–H and O–H groups in total. The molecule has 1 aromatic heterocycles. The molecule has 0 aliphatic heterocycles. The van der Waals surface area contributed by atoms with E-state index in [0.717, 1.165) is 17.5 Å². The van der Waals surface area contributed by atoms with Crippen LogP contribution in [-0.2, 0) is 0 Å². The van der Waals surface area contributed by atoms with Crippen LogP contribution >= 0.6 is 0 Å². The zero-order valence-electron chi connectivity index (χ0n) is 5.96. The molecule has 0 aromatic carbocycles. The van der Waals surface area contributed by atoms with E-state index >= 15 is 0 Å². The molecule has 0 radical (unpaired) electrons. The molecular formula is C7H8N2O. The van der Waals surface area contributed by atoms with E-state index in [0.29, 0.717) is 5.69 Å². The van der Waals surface area contributed by atoms with Crippen LogP contribution in [0.5, 0.6) is 0 Å². The van der Waals surface area contributed by atoms with Crippen LogP contribution in [0.15, 0.2) is 6.33 Å². The van der Waals surface area contributed by atoms with Crippen molar-refractivity contribution in [3.8, 4) is 0 Å². The van der Waals surface area contributed by atoms with Crippen molar-refractivity contribution in [3.05, 3.63) is 23.3 Å². The van der Waals surface area contributed by atoms with Gasteiger partial charge in [0.15, 0.2) is 6.29 Å². The van der Waals surface area contributed by atoms with E-state index in [-0.39, 0.29) is 0 Å². The van der Waals surface area contributed by atoms with E-state index in [2.05, 4.69) is 9.97 Å². The van der Waals surface area contributed by atoms with Gasteiger partial charge in [0, 0.05) is 5.69 Å². The summed E-state index contributed by atoms with van der Waals surface area (Å²) in [5.41, 5.74) is 2.20. The third-order valence-electron chi connectivity index (χ3n) is 1.49. The average Bonchev–Trinajstić information content (AvgIpc) is 1.95. The second-order valence-electron chi connectivity index (χ2n) is 2.09. The number of aryl methyl sites for hydroxylation is 1. The van der Waals surface area contributed by atoms with Crippen molar-refractivity contribution in [2.45, 2.75) is 13.8 Å². The summed E-state index contributed by atoms with van der Waals surface area (Å²) in [6, 6.07) is 0. The van der Waals surface area contributed by atoms with Crippen molar-refractivity contribution in [2.24, 2.45) is 0 Å². The quantitative estimate of drug-likeness (QED) is 0.539. The first-order valence-corrected chi connectivity index (χ1v) is 2.99. The van der Waals surface area contributed by atoms with Gasteiger partial charge in [0.25, 0.3) is 0 Å². The lowest BCUT2D eigenvalue weighted by atomic mass is 10.2. The van der Waals surface area contributed by atoms with Crippen LogP contribution in [0, 0.1) is 13.8 Å². The van der Waals surface area contributed by atoms with E-state index in [9.17, 15) is 4.79 Å². The van der Waals surface area contributed by atoms with E-state index in [1.807, 2.05) is 13.8 Å². The summed E-state index contributed by atoms with van der Waals surface area (Å²) < 4.78 is 0. The first-order valence-electron chi connectivity index (χ1n) is 2.99. The highest BCUT2D eigenvalue weighted by atomic mass is 16.1. The Hall–Kier alpha value is -1.25. The van der Waals surface area contributed by atoms with Gasteiger partial charge in [0.1, 0.15) is 12.0 Å². The molecule has 0 aliphatic carbocycles. The molecule has 1 heterocycles. The van der Waals surface area contributed by atoms with Crippen LogP contribution in [0.4, 0.5) is 0 Å². The highest BCUT2D eigenvalue weighted by Gasteiger charge is 1.99. The smallest absolute Gasteiger partial charge is 0.168 e. The van der Waals surface area contributed by atoms with Crippen molar-refractivity contribution in [2.75, 3.05) is 0 Å². The van der Waals surface area contributed by atoms with Gasteiger partial charge in [-0.05, 0) is 19.4 Å². The minimum atomic E-state index is 0.479. The zero-order valence-corrected chi connectivity index (χ0v) is 5.96. The molecule has 0 atom stereocenters. The molecular weight excluding hydrogens is 128 g/mol. The number of carbonyl (C=O) groups is 1. The fraction of sp³-hybridized carbons (Fsp3) is 0.286. The van der Waals surface area contributed by atoms with Crippen molar-refractivity contribution in [1.82, 2.24) is 9.97 Å². The standard InChI is InChI=1S/C7H8N2O/c1-5-6(2)8-4-9-7(5)3-10/h3-4H,1-2H3. The average molecular weight is 136 g/mol. The largest absolute Gasteiger partial charge is 0.296 e. The first-order chi connectivity index (χ1) is 4.75. The Kier molecular flexibility index (Phi) is 1.76. The van der Waals surface area contributed by atoms with Crippen LogP contribution < -0.4 is 0 Å². The van der Waals surface area contributed by atoms with Gasteiger partial charge in [-0.3, -0.25) is 4.79 Å². The molecule has 0 aliphatic rings. The van der Waals surface area contributed by atoms with Gasteiger partial charge < -0.3 is 0 Å². The van der Waals surface area contributed by atoms with E-state index in [1.165, 1.54) is 6.33 Å². The Labute approximate surface area is 59.1 Å². The summed E-state index contributed by atoms with van der Waals surface area (Å²) in [5, 5.41) is 0. The van der Waals surface area contributed by atoms with Crippen LogP contribution in [0.3, 0.4) is 0 Å². The topological polar surface area (TPSA) is 42.9 Å². The van der Waals surface area contributed by atoms with Gasteiger partial charge in [-0.1, -0.05) is 0 Å². The number of hydrogen-bond acceptors (Lipinski definition) is 3. The maximum atomic E-state index is 10.3. The molecule has 0 fully saturated rings. The minimum Gasteiger partial charge on any atom is -0.296 e. The van der Waals surface area contributed by atoms with Crippen molar-refractivity contribution >= 4 is 6.29 Å². The van der Waals surface area contributed by atoms with E-state index in [1.54, 1.807) is 0 Å². The summed E-state index contributed by atoms with van der Waals surface area (Å²) in [7, 11) is 0.